The van der Waals surface area contributed by atoms with E-state index in [1.807, 2.05) is 0 Å². The van der Waals surface area contributed by atoms with E-state index in [4.69, 9.17) is 0 Å². The zero-order valence-electron chi connectivity index (χ0n) is 5.80. The van der Waals surface area contributed by atoms with Crippen molar-refractivity contribution in [2.45, 2.75) is 6.92 Å². The van der Waals surface area contributed by atoms with Crippen LogP contribution >= 0.6 is 12.2 Å². The molecule has 40 valence electrons. The van der Waals surface area contributed by atoms with Crippen molar-refractivity contribution in [3.63, 3.8) is 0 Å². The SMILES string of the molecule is CC([O-])=CC(=S)[S-].[Na+].[Na+]. The first kappa shape index (κ1) is 17.1. The first-order valence-corrected chi connectivity index (χ1v) is 2.51. The average molecular weight is 178 g/mol. The molecular weight excluding hydrogens is 174 g/mol. The molecule has 5 heteroatoms. The van der Waals surface area contributed by atoms with Gasteiger partial charge >= 0.3 is 59.1 Å². The van der Waals surface area contributed by atoms with E-state index in [1.54, 1.807) is 0 Å². The van der Waals surface area contributed by atoms with Gasteiger partial charge in [0.25, 0.3) is 0 Å². The molecule has 0 atom stereocenters. The van der Waals surface area contributed by atoms with Crippen molar-refractivity contribution >= 4 is 29.0 Å². The molecule has 0 aliphatic heterocycles. The standard InChI is InChI=1S/C4H6OS2.2Na/c1-3(5)2-4(6)7;;/h2,5H,1H3,(H,6,7);;/q;2*+1/p-2. The van der Waals surface area contributed by atoms with Crippen molar-refractivity contribution in [2.24, 2.45) is 0 Å². The summed E-state index contributed by atoms with van der Waals surface area (Å²) in [5.74, 6) is -0.0833. The Bertz CT molecular complexity index is 109. The second kappa shape index (κ2) is 9.85. The van der Waals surface area contributed by atoms with Gasteiger partial charge in [-0.15, -0.1) is 9.96 Å². The quantitative estimate of drug-likeness (QED) is 0.131. The summed E-state index contributed by atoms with van der Waals surface area (Å²) in [7, 11) is 0. The van der Waals surface area contributed by atoms with Crippen molar-refractivity contribution in [1.82, 2.24) is 0 Å². The van der Waals surface area contributed by atoms with Crippen LogP contribution in [0, 0.1) is 0 Å². The summed E-state index contributed by atoms with van der Waals surface area (Å²) in [6, 6.07) is 0. The van der Waals surface area contributed by atoms with Gasteiger partial charge in [0.1, 0.15) is 0 Å². The maximum Gasteiger partial charge on any atom is 1.00 e. The maximum atomic E-state index is 10.0. The minimum atomic E-state index is -0.0833. The number of allylic oxidation sites excluding steroid dienone is 1. The zero-order chi connectivity index (χ0) is 5.86. The monoisotopic (exact) mass is 178 g/mol. The van der Waals surface area contributed by atoms with Crippen molar-refractivity contribution in [1.29, 1.82) is 0 Å². The van der Waals surface area contributed by atoms with E-state index in [-0.39, 0.29) is 69.1 Å². The molecule has 0 unspecified atom stereocenters. The van der Waals surface area contributed by atoms with Crippen LogP contribution in [-0.4, -0.2) is 4.20 Å². The van der Waals surface area contributed by atoms with Crippen molar-refractivity contribution in [3.8, 4) is 0 Å². The number of rotatable bonds is 1. The first-order valence-electron chi connectivity index (χ1n) is 1.69. The molecule has 0 spiro atoms. The third kappa shape index (κ3) is 17.7. The molecular formula is C4H4Na2OS2. The molecule has 0 saturated carbocycles. The largest absolute Gasteiger partial charge is 1.00 e. The smallest absolute Gasteiger partial charge is 0.876 e. The Hall–Kier alpha value is 1.85. The molecule has 0 N–H and O–H groups in total. The van der Waals surface area contributed by atoms with E-state index in [1.165, 1.54) is 13.0 Å². The van der Waals surface area contributed by atoms with Gasteiger partial charge in [-0.25, -0.2) is 0 Å². The van der Waals surface area contributed by atoms with Crippen molar-refractivity contribution in [3.05, 3.63) is 11.8 Å². The van der Waals surface area contributed by atoms with Crippen LogP contribution in [0.1, 0.15) is 6.92 Å². The molecule has 0 heterocycles. The summed E-state index contributed by atoms with van der Waals surface area (Å²) < 4.78 is 0.229. The van der Waals surface area contributed by atoms with Crippen LogP contribution in [0.3, 0.4) is 0 Å². The molecule has 1 nitrogen and oxygen atoms in total. The predicted octanol–water partition coefficient (Wildman–Crippen LogP) is -5.87. The third-order valence-corrected chi connectivity index (χ3v) is 0.557. The van der Waals surface area contributed by atoms with Crippen LogP contribution in [0.2, 0.25) is 0 Å². The van der Waals surface area contributed by atoms with Gasteiger partial charge in [0.15, 0.2) is 0 Å². The first-order chi connectivity index (χ1) is 3.13. The number of hydrogen-bond acceptors (Lipinski definition) is 3. The molecule has 0 aromatic carbocycles. The van der Waals surface area contributed by atoms with Gasteiger partial charge in [-0.3, -0.25) is 0 Å². The Morgan fingerprint density at radius 3 is 1.89 bits per heavy atom. The van der Waals surface area contributed by atoms with Crippen LogP contribution in [0.5, 0.6) is 0 Å². The van der Waals surface area contributed by atoms with Crippen LogP contribution < -0.4 is 64.2 Å². The summed E-state index contributed by atoms with van der Waals surface area (Å²) in [5.41, 5.74) is 0. The third-order valence-electron chi connectivity index (χ3n) is 0.321. The summed E-state index contributed by atoms with van der Waals surface area (Å²) in [6.07, 6.45) is 1.24. The fourth-order valence-corrected chi connectivity index (χ4v) is 0.498. The molecule has 0 aromatic rings. The van der Waals surface area contributed by atoms with Gasteiger partial charge in [0.2, 0.25) is 0 Å². The summed E-state index contributed by atoms with van der Waals surface area (Å²) in [5, 5.41) is 10.0. The van der Waals surface area contributed by atoms with Crippen LogP contribution in [0.15, 0.2) is 11.8 Å². The predicted molar refractivity (Wildman–Crippen MR) is 33.7 cm³/mol. The maximum absolute atomic E-state index is 10.0. The fourth-order valence-electron chi connectivity index (χ4n) is 0.166. The zero-order valence-corrected chi connectivity index (χ0v) is 11.4. The molecule has 9 heavy (non-hydrogen) atoms. The molecule has 0 saturated heterocycles. The Morgan fingerprint density at radius 2 is 1.89 bits per heavy atom. The van der Waals surface area contributed by atoms with E-state index in [9.17, 15) is 5.11 Å². The molecule has 0 amide bonds. The van der Waals surface area contributed by atoms with Gasteiger partial charge < -0.3 is 30.0 Å². The van der Waals surface area contributed by atoms with Gasteiger partial charge in [-0.2, -0.15) is 0 Å². The van der Waals surface area contributed by atoms with Crippen LogP contribution in [0.4, 0.5) is 0 Å². The molecule has 0 radical (unpaired) electrons. The van der Waals surface area contributed by atoms with Gasteiger partial charge in [-0.1, -0.05) is 13.0 Å². The Kier molecular flexibility index (Phi) is 18.7. The number of thiocarbonyl (C=S) groups is 1. The van der Waals surface area contributed by atoms with Crippen molar-refractivity contribution < 1.29 is 64.2 Å². The van der Waals surface area contributed by atoms with E-state index in [0.717, 1.165) is 0 Å². The topological polar surface area (TPSA) is 23.1 Å². The molecule has 0 aromatic heterocycles. The Morgan fingerprint density at radius 1 is 1.56 bits per heavy atom. The normalized spacial score (nSPS) is 8.78. The minimum Gasteiger partial charge on any atom is -0.876 e. The minimum absolute atomic E-state index is 0. The van der Waals surface area contributed by atoms with Crippen molar-refractivity contribution in [2.75, 3.05) is 0 Å². The van der Waals surface area contributed by atoms with Gasteiger partial charge in [-0.05, 0) is 0 Å². The van der Waals surface area contributed by atoms with E-state index >= 15 is 0 Å². The average Bonchev–Trinajstić information content (AvgIpc) is 1.27. The van der Waals surface area contributed by atoms with E-state index in [0.29, 0.717) is 0 Å². The Labute approximate surface area is 110 Å². The van der Waals surface area contributed by atoms with E-state index in [2.05, 4.69) is 24.8 Å². The fraction of sp³-hybridized carbons (Fsp3) is 0.250. The molecule has 0 aliphatic rings. The van der Waals surface area contributed by atoms with Gasteiger partial charge in [0, 0.05) is 0 Å². The molecule has 0 aliphatic carbocycles. The van der Waals surface area contributed by atoms with Crippen LogP contribution in [0.25, 0.3) is 0 Å². The summed E-state index contributed by atoms with van der Waals surface area (Å²) in [6.45, 7) is 1.42. The summed E-state index contributed by atoms with van der Waals surface area (Å²) in [4.78, 5) is 0. The van der Waals surface area contributed by atoms with Crippen LogP contribution in [-0.2, 0) is 12.6 Å². The molecule has 0 rings (SSSR count). The van der Waals surface area contributed by atoms with Gasteiger partial charge in [0.05, 0.1) is 0 Å². The Balaban J connectivity index is -0.000000180. The number of hydrogen-bond donors (Lipinski definition) is 0. The van der Waals surface area contributed by atoms with E-state index < -0.39 is 0 Å². The second-order valence-corrected chi connectivity index (χ2v) is 2.21. The summed E-state index contributed by atoms with van der Waals surface area (Å²) >= 11 is 8.82. The second-order valence-electron chi connectivity index (χ2n) is 1.07. The molecule has 0 bridgehead atoms. The molecule has 0 fully saturated rings.